The highest BCUT2D eigenvalue weighted by atomic mass is 16.5. The second-order valence-electron chi connectivity index (χ2n) is 5.21. The molecule has 0 heterocycles. The molecule has 0 aromatic heterocycles. The van der Waals surface area contributed by atoms with Crippen LogP contribution in [0.25, 0.3) is 0 Å². The number of nitrogens with one attached hydrogen (secondary N) is 1. The molecule has 2 rings (SSSR count). The van der Waals surface area contributed by atoms with Gasteiger partial charge in [-0.1, -0.05) is 13.8 Å². The van der Waals surface area contributed by atoms with Gasteiger partial charge in [-0.15, -0.1) is 0 Å². The van der Waals surface area contributed by atoms with Gasteiger partial charge in [0.1, 0.15) is 5.75 Å². The van der Waals surface area contributed by atoms with Gasteiger partial charge in [-0.25, -0.2) is 0 Å². The second kappa shape index (κ2) is 6.67. The van der Waals surface area contributed by atoms with Gasteiger partial charge >= 0.3 is 0 Å². The first-order valence-corrected chi connectivity index (χ1v) is 7.35. The van der Waals surface area contributed by atoms with Gasteiger partial charge in [0.2, 0.25) is 0 Å². The summed E-state index contributed by atoms with van der Waals surface area (Å²) in [5.41, 5.74) is 1.20. The zero-order valence-corrected chi connectivity index (χ0v) is 11.6. The van der Waals surface area contributed by atoms with Crippen LogP contribution in [0.3, 0.4) is 0 Å². The van der Waals surface area contributed by atoms with Crippen molar-refractivity contribution >= 4 is 5.69 Å². The minimum Gasteiger partial charge on any atom is -0.490 e. The summed E-state index contributed by atoms with van der Waals surface area (Å²) in [5, 5.41) is 3.54. The van der Waals surface area contributed by atoms with E-state index in [9.17, 15) is 0 Å². The number of benzene rings is 1. The third-order valence-corrected chi connectivity index (χ3v) is 3.82. The van der Waals surface area contributed by atoms with Crippen LogP contribution in [0, 0.1) is 0 Å². The zero-order chi connectivity index (χ0) is 12.8. The molecule has 1 aromatic rings. The van der Waals surface area contributed by atoms with Gasteiger partial charge in [0.25, 0.3) is 0 Å². The van der Waals surface area contributed by atoms with Crippen LogP contribution in [0.5, 0.6) is 5.75 Å². The molecule has 0 atom stereocenters. The van der Waals surface area contributed by atoms with Crippen LogP contribution in [0.2, 0.25) is 0 Å². The number of hydrogen-bond donors (Lipinski definition) is 1. The first kappa shape index (κ1) is 13.3. The standard InChI is InChI=1S/C16H25NO/c1-3-13(4-2)17-14-9-11-16(12-10-14)18-15-7-5-6-8-15/h9-13,15,17H,3-8H2,1-2H3. The van der Waals surface area contributed by atoms with Crippen molar-refractivity contribution in [3.63, 3.8) is 0 Å². The van der Waals surface area contributed by atoms with Gasteiger partial charge in [0.15, 0.2) is 0 Å². The lowest BCUT2D eigenvalue weighted by atomic mass is 10.1. The molecule has 1 aromatic carbocycles. The lowest BCUT2D eigenvalue weighted by Crippen LogP contribution is -2.16. The highest BCUT2D eigenvalue weighted by molar-refractivity contribution is 5.47. The van der Waals surface area contributed by atoms with Gasteiger partial charge in [-0.05, 0) is 62.8 Å². The van der Waals surface area contributed by atoms with E-state index in [2.05, 4.69) is 43.4 Å². The molecular weight excluding hydrogens is 222 g/mol. The zero-order valence-electron chi connectivity index (χ0n) is 11.6. The Bertz CT molecular complexity index is 314. The van der Waals surface area contributed by atoms with Gasteiger partial charge < -0.3 is 10.1 Å². The summed E-state index contributed by atoms with van der Waals surface area (Å²) in [5.74, 6) is 1.01. The van der Waals surface area contributed by atoms with Crippen molar-refractivity contribution in [3.8, 4) is 5.75 Å². The highest BCUT2D eigenvalue weighted by Gasteiger charge is 2.16. The molecule has 0 saturated heterocycles. The number of ether oxygens (including phenoxy) is 1. The van der Waals surface area contributed by atoms with Gasteiger partial charge in [-0.3, -0.25) is 0 Å². The molecule has 1 N–H and O–H groups in total. The van der Waals surface area contributed by atoms with Crippen LogP contribution in [0.1, 0.15) is 52.4 Å². The summed E-state index contributed by atoms with van der Waals surface area (Å²) in [6, 6.07) is 9.00. The number of rotatable bonds is 6. The first-order chi connectivity index (χ1) is 8.81. The Morgan fingerprint density at radius 3 is 2.28 bits per heavy atom. The highest BCUT2D eigenvalue weighted by Crippen LogP contribution is 2.25. The van der Waals surface area contributed by atoms with Crippen LogP contribution >= 0.6 is 0 Å². The average molecular weight is 247 g/mol. The van der Waals surface area contributed by atoms with Crippen molar-refractivity contribution in [2.45, 2.75) is 64.5 Å². The normalized spacial score (nSPS) is 16.2. The molecule has 0 bridgehead atoms. The molecule has 0 unspecified atom stereocenters. The molecule has 0 radical (unpaired) electrons. The van der Waals surface area contributed by atoms with Gasteiger partial charge in [0.05, 0.1) is 6.10 Å². The molecule has 0 spiro atoms. The lowest BCUT2D eigenvalue weighted by molar-refractivity contribution is 0.210. The fourth-order valence-corrected chi connectivity index (χ4v) is 2.56. The summed E-state index contributed by atoms with van der Waals surface area (Å²) >= 11 is 0. The Hall–Kier alpha value is -1.18. The van der Waals surface area contributed by atoms with Gasteiger partial charge in [0, 0.05) is 11.7 Å². The summed E-state index contributed by atoms with van der Waals surface area (Å²) in [6.45, 7) is 4.44. The average Bonchev–Trinajstić information content (AvgIpc) is 2.91. The predicted molar refractivity (Wildman–Crippen MR) is 77.3 cm³/mol. The van der Waals surface area contributed by atoms with E-state index in [1.54, 1.807) is 0 Å². The van der Waals surface area contributed by atoms with Crippen LogP contribution in [0.4, 0.5) is 5.69 Å². The molecule has 0 amide bonds. The summed E-state index contributed by atoms with van der Waals surface area (Å²) in [4.78, 5) is 0. The van der Waals surface area contributed by atoms with Crippen molar-refractivity contribution in [3.05, 3.63) is 24.3 Å². The third kappa shape index (κ3) is 3.66. The van der Waals surface area contributed by atoms with Crippen molar-refractivity contribution in [2.24, 2.45) is 0 Å². The van der Waals surface area contributed by atoms with E-state index >= 15 is 0 Å². The molecule has 0 aliphatic heterocycles. The predicted octanol–water partition coefficient (Wildman–Crippen LogP) is 4.61. The van der Waals surface area contributed by atoms with Crippen molar-refractivity contribution in [2.75, 3.05) is 5.32 Å². The van der Waals surface area contributed by atoms with Crippen LogP contribution in [-0.2, 0) is 0 Å². The first-order valence-electron chi connectivity index (χ1n) is 7.35. The summed E-state index contributed by atoms with van der Waals surface area (Å²) in [7, 11) is 0. The Morgan fingerprint density at radius 2 is 1.72 bits per heavy atom. The minimum atomic E-state index is 0.447. The Labute approximate surface area is 111 Å². The maximum atomic E-state index is 5.96. The molecule has 18 heavy (non-hydrogen) atoms. The molecule has 1 saturated carbocycles. The molecule has 1 fully saturated rings. The minimum absolute atomic E-state index is 0.447. The SMILES string of the molecule is CCC(CC)Nc1ccc(OC2CCCC2)cc1. The molecule has 1 aliphatic rings. The molecule has 2 heteroatoms. The van der Waals surface area contributed by atoms with Crippen molar-refractivity contribution in [1.29, 1.82) is 0 Å². The monoisotopic (exact) mass is 247 g/mol. The van der Waals surface area contributed by atoms with E-state index in [0.717, 1.165) is 18.6 Å². The lowest BCUT2D eigenvalue weighted by Gasteiger charge is -2.17. The van der Waals surface area contributed by atoms with E-state index in [0.29, 0.717) is 12.1 Å². The van der Waals surface area contributed by atoms with E-state index in [-0.39, 0.29) is 0 Å². The number of hydrogen-bond acceptors (Lipinski definition) is 2. The van der Waals surface area contributed by atoms with E-state index < -0.39 is 0 Å². The third-order valence-electron chi connectivity index (χ3n) is 3.82. The quantitative estimate of drug-likeness (QED) is 0.792. The maximum absolute atomic E-state index is 5.96. The summed E-state index contributed by atoms with van der Waals surface area (Å²) in [6.07, 6.45) is 7.84. The van der Waals surface area contributed by atoms with Crippen molar-refractivity contribution in [1.82, 2.24) is 0 Å². The van der Waals surface area contributed by atoms with Gasteiger partial charge in [-0.2, -0.15) is 0 Å². The van der Waals surface area contributed by atoms with Crippen LogP contribution in [0.15, 0.2) is 24.3 Å². The van der Waals surface area contributed by atoms with E-state index in [4.69, 9.17) is 4.74 Å². The fourth-order valence-electron chi connectivity index (χ4n) is 2.56. The van der Waals surface area contributed by atoms with E-state index in [1.165, 1.54) is 31.4 Å². The smallest absolute Gasteiger partial charge is 0.119 e. The van der Waals surface area contributed by atoms with E-state index in [1.807, 2.05) is 0 Å². The van der Waals surface area contributed by atoms with Crippen LogP contribution < -0.4 is 10.1 Å². The topological polar surface area (TPSA) is 21.3 Å². The number of anilines is 1. The largest absolute Gasteiger partial charge is 0.490 e. The fraction of sp³-hybridized carbons (Fsp3) is 0.625. The summed E-state index contributed by atoms with van der Waals surface area (Å²) < 4.78 is 5.96. The maximum Gasteiger partial charge on any atom is 0.119 e. The molecule has 2 nitrogen and oxygen atoms in total. The van der Waals surface area contributed by atoms with Crippen molar-refractivity contribution < 1.29 is 4.74 Å². The Kier molecular flexibility index (Phi) is 4.91. The van der Waals surface area contributed by atoms with Crippen LogP contribution in [-0.4, -0.2) is 12.1 Å². The molecular formula is C16H25NO. The molecule has 100 valence electrons. The molecule has 1 aliphatic carbocycles. The second-order valence-corrected chi connectivity index (χ2v) is 5.21. The Balaban J connectivity index is 1.88. The Morgan fingerprint density at radius 1 is 1.11 bits per heavy atom.